The first kappa shape index (κ1) is 21.5. The number of anilines is 1. The number of aromatic nitrogens is 4. The molecule has 6 nitrogen and oxygen atoms in total. The Morgan fingerprint density at radius 3 is 2.52 bits per heavy atom. The number of carbonyl (C=O) groups excluding carboxylic acids is 1. The van der Waals surface area contributed by atoms with Gasteiger partial charge in [0.05, 0.1) is 5.69 Å². The zero-order valence-corrected chi connectivity index (χ0v) is 19.6. The lowest BCUT2D eigenvalue weighted by Crippen LogP contribution is -2.22. The van der Waals surface area contributed by atoms with Gasteiger partial charge in [-0.2, -0.15) is 0 Å². The smallest absolute Gasteiger partial charge is 0.225 e. The van der Waals surface area contributed by atoms with E-state index < -0.39 is 0 Å². The van der Waals surface area contributed by atoms with Crippen molar-refractivity contribution < 1.29 is 4.79 Å². The van der Waals surface area contributed by atoms with Gasteiger partial charge in [0.15, 0.2) is 16.1 Å². The van der Waals surface area contributed by atoms with Crippen molar-refractivity contribution in [2.24, 2.45) is 0 Å². The largest absolute Gasteiger partial charge is 0.292 e. The summed E-state index contributed by atoms with van der Waals surface area (Å²) in [4.78, 5) is 17.7. The van der Waals surface area contributed by atoms with Gasteiger partial charge in [-0.1, -0.05) is 53.2 Å². The zero-order valence-electron chi connectivity index (χ0n) is 17.2. The highest BCUT2D eigenvalue weighted by atomic mass is 35.5. The standard InChI is InChI=1S/C22H20ClN5OS2/c1-14-4-6-16(7-5-14)20-25-26-22(28(20)19-10-8-17(23)9-11-19)31-13-18-12-30-21(24-18)27(3)15(2)29/h4-12H,13H2,1-3H3. The van der Waals surface area contributed by atoms with Gasteiger partial charge in [0.1, 0.15) is 0 Å². The first-order valence-electron chi connectivity index (χ1n) is 9.52. The molecule has 9 heteroatoms. The second kappa shape index (κ2) is 9.21. The van der Waals surface area contributed by atoms with Crippen molar-refractivity contribution in [3.63, 3.8) is 0 Å². The monoisotopic (exact) mass is 469 g/mol. The molecule has 0 atom stereocenters. The summed E-state index contributed by atoms with van der Waals surface area (Å²) in [6, 6.07) is 15.8. The molecule has 0 radical (unpaired) electrons. The second-order valence-electron chi connectivity index (χ2n) is 6.97. The molecule has 2 aromatic heterocycles. The predicted molar refractivity (Wildman–Crippen MR) is 127 cm³/mol. The van der Waals surface area contributed by atoms with Gasteiger partial charge in [-0.3, -0.25) is 14.3 Å². The number of thioether (sulfide) groups is 1. The number of benzene rings is 2. The van der Waals surface area contributed by atoms with E-state index in [9.17, 15) is 4.79 Å². The van der Waals surface area contributed by atoms with Gasteiger partial charge >= 0.3 is 0 Å². The van der Waals surface area contributed by atoms with Crippen LogP contribution in [-0.4, -0.2) is 32.7 Å². The van der Waals surface area contributed by atoms with Crippen molar-refractivity contribution >= 4 is 45.7 Å². The van der Waals surface area contributed by atoms with Crippen LogP contribution < -0.4 is 4.90 Å². The first-order valence-corrected chi connectivity index (χ1v) is 11.8. The molecule has 0 N–H and O–H groups in total. The Bertz CT molecular complexity index is 1200. The van der Waals surface area contributed by atoms with Crippen LogP contribution in [0, 0.1) is 6.92 Å². The minimum atomic E-state index is -0.0428. The lowest BCUT2D eigenvalue weighted by molar-refractivity contribution is -0.116. The van der Waals surface area contributed by atoms with Crippen molar-refractivity contribution in [1.82, 2.24) is 19.7 Å². The molecule has 0 bridgehead atoms. The molecule has 0 aliphatic carbocycles. The van der Waals surface area contributed by atoms with E-state index in [-0.39, 0.29) is 5.91 Å². The van der Waals surface area contributed by atoms with Crippen LogP contribution in [0.3, 0.4) is 0 Å². The van der Waals surface area contributed by atoms with Crippen LogP contribution in [0.15, 0.2) is 59.1 Å². The molecule has 2 aromatic carbocycles. The van der Waals surface area contributed by atoms with E-state index in [1.807, 2.05) is 46.3 Å². The first-order chi connectivity index (χ1) is 14.9. The number of amides is 1. The van der Waals surface area contributed by atoms with Crippen LogP contribution in [0.2, 0.25) is 5.02 Å². The third kappa shape index (κ3) is 4.81. The Labute approximate surface area is 193 Å². The molecule has 0 saturated heterocycles. The molecule has 4 aromatic rings. The summed E-state index contributed by atoms with van der Waals surface area (Å²) in [6.07, 6.45) is 0. The minimum absolute atomic E-state index is 0.0428. The summed E-state index contributed by atoms with van der Waals surface area (Å²) in [6.45, 7) is 3.58. The minimum Gasteiger partial charge on any atom is -0.292 e. The SMILES string of the molecule is CC(=O)N(C)c1nc(CSc2nnc(-c3ccc(C)cc3)n2-c2ccc(Cl)cc2)cs1. The van der Waals surface area contributed by atoms with E-state index in [1.165, 1.54) is 23.8 Å². The number of hydrogen-bond donors (Lipinski definition) is 0. The summed E-state index contributed by atoms with van der Waals surface area (Å²) >= 11 is 9.10. The molecule has 1 amide bonds. The number of carbonyl (C=O) groups is 1. The molecule has 0 fully saturated rings. The van der Waals surface area contributed by atoms with Crippen LogP contribution in [0.5, 0.6) is 0 Å². The number of aryl methyl sites for hydroxylation is 1. The molecule has 2 heterocycles. The Balaban J connectivity index is 1.65. The average Bonchev–Trinajstić information content (AvgIpc) is 3.40. The van der Waals surface area contributed by atoms with Gasteiger partial charge in [-0.05, 0) is 31.2 Å². The van der Waals surface area contributed by atoms with Crippen molar-refractivity contribution in [1.29, 1.82) is 0 Å². The lowest BCUT2D eigenvalue weighted by atomic mass is 10.1. The number of nitrogens with zero attached hydrogens (tertiary/aromatic N) is 5. The Hall–Kier alpha value is -2.68. The molecular weight excluding hydrogens is 450 g/mol. The van der Waals surface area contributed by atoms with Gasteiger partial charge in [-0.15, -0.1) is 21.5 Å². The van der Waals surface area contributed by atoms with Crippen LogP contribution in [0.1, 0.15) is 18.2 Å². The summed E-state index contributed by atoms with van der Waals surface area (Å²) in [5.74, 6) is 1.33. The quantitative estimate of drug-likeness (QED) is 0.342. The highest BCUT2D eigenvalue weighted by molar-refractivity contribution is 7.98. The molecule has 0 saturated carbocycles. The normalized spacial score (nSPS) is 11.0. The third-order valence-electron chi connectivity index (χ3n) is 4.68. The lowest BCUT2D eigenvalue weighted by Gasteiger charge is -2.11. The van der Waals surface area contributed by atoms with Crippen LogP contribution in [0.4, 0.5) is 5.13 Å². The van der Waals surface area contributed by atoms with Crippen molar-refractivity contribution in [2.45, 2.75) is 24.8 Å². The van der Waals surface area contributed by atoms with Gasteiger partial charge < -0.3 is 0 Å². The summed E-state index contributed by atoms with van der Waals surface area (Å²) in [5, 5.41) is 13.0. The number of halogens is 1. The van der Waals surface area contributed by atoms with E-state index in [0.29, 0.717) is 15.9 Å². The number of rotatable bonds is 6. The molecule has 158 valence electrons. The van der Waals surface area contributed by atoms with Gasteiger partial charge in [0.25, 0.3) is 0 Å². The molecule has 4 rings (SSSR count). The van der Waals surface area contributed by atoms with Crippen molar-refractivity contribution in [3.05, 3.63) is 70.2 Å². The fraction of sp³-hybridized carbons (Fsp3) is 0.182. The van der Waals surface area contributed by atoms with Gasteiger partial charge in [-0.25, -0.2) is 4.98 Å². The molecule has 0 aliphatic heterocycles. The van der Waals surface area contributed by atoms with Crippen molar-refractivity contribution in [3.8, 4) is 17.1 Å². The topological polar surface area (TPSA) is 63.9 Å². The zero-order chi connectivity index (χ0) is 22.0. The molecule has 0 aliphatic rings. The summed E-state index contributed by atoms with van der Waals surface area (Å²) < 4.78 is 2.03. The maximum absolute atomic E-state index is 11.6. The van der Waals surface area contributed by atoms with Crippen LogP contribution in [-0.2, 0) is 10.5 Å². The Morgan fingerprint density at radius 2 is 1.84 bits per heavy atom. The highest BCUT2D eigenvalue weighted by Crippen LogP contribution is 2.31. The fourth-order valence-corrected chi connectivity index (χ4v) is 4.78. The second-order valence-corrected chi connectivity index (χ2v) is 9.19. The van der Waals surface area contributed by atoms with E-state index in [4.69, 9.17) is 11.6 Å². The highest BCUT2D eigenvalue weighted by Gasteiger charge is 2.17. The van der Waals surface area contributed by atoms with Crippen LogP contribution >= 0.6 is 34.7 Å². The van der Waals surface area contributed by atoms with E-state index in [2.05, 4.69) is 34.2 Å². The molecule has 0 unspecified atom stereocenters. The predicted octanol–water partition coefficient (Wildman–Crippen LogP) is 5.63. The molecule has 0 spiro atoms. The summed E-state index contributed by atoms with van der Waals surface area (Å²) in [5.41, 5.74) is 3.99. The fourth-order valence-electron chi connectivity index (χ4n) is 2.87. The van der Waals surface area contributed by atoms with E-state index in [1.54, 1.807) is 23.7 Å². The Kier molecular flexibility index (Phi) is 6.41. The third-order valence-corrected chi connectivity index (χ3v) is 6.86. The van der Waals surface area contributed by atoms with E-state index in [0.717, 1.165) is 27.9 Å². The number of thiazole rings is 1. The van der Waals surface area contributed by atoms with E-state index >= 15 is 0 Å². The van der Waals surface area contributed by atoms with Crippen molar-refractivity contribution in [2.75, 3.05) is 11.9 Å². The average molecular weight is 470 g/mol. The molecule has 31 heavy (non-hydrogen) atoms. The number of hydrogen-bond acceptors (Lipinski definition) is 6. The maximum atomic E-state index is 11.6. The van der Waals surface area contributed by atoms with Gasteiger partial charge in [0.2, 0.25) is 5.91 Å². The maximum Gasteiger partial charge on any atom is 0.225 e. The Morgan fingerprint density at radius 1 is 1.13 bits per heavy atom. The van der Waals surface area contributed by atoms with Gasteiger partial charge in [0, 0.05) is 41.4 Å². The summed E-state index contributed by atoms with van der Waals surface area (Å²) in [7, 11) is 1.73. The molecular formula is C22H20ClN5OS2. The van der Waals surface area contributed by atoms with Crippen LogP contribution in [0.25, 0.3) is 17.1 Å².